The van der Waals surface area contributed by atoms with E-state index in [4.69, 9.17) is 14.2 Å². The highest BCUT2D eigenvalue weighted by Gasteiger charge is 2.27. The van der Waals surface area contributed by atoms with Crippen LogP contribution in [0.1, 0.15) is 18.4 Å². The molecule has 1 aromatic heterocycles. The molecule has 2 atom stereocenters. The third-order valence-corrected chi connectivity index (χ3v) is 6.22. The molecular formula is C25H28N4O4. The lowest BCUT2D eigenvalue weighted by molar-refractivity contribution is -0.121. The fourth-order valence-electron chi connectivity index (χ4n) is 4.32. The van der Waals surface area contributed by atoms with Crippen molar-refractivity contribution >= 4 is 11.6 Å². The Bertz CT molecular complexity index is 1110. The molecule has 0 bridgehead atoms. The SMILES string of the molecule is COc1ccc2c(c1)C[C@H](C(=O)Nc1ccc(-c3cn[nH]c3)cc1OC[C@@H]1CCCN1)CO2. The topological polar surface area (TPSA) is 97.5 Å². The van der Waals surface area contributed by atoms with Gasteiger partial charge in [0.15, 0.2) is 0 Å². The molecule has 8 heteroatoms. The minimum atomic E-state index is -0.303. The molecular weight excluding hydrogens is 420 g/mol. The second-order valence-corrected chi connectivity index (χ2v) is 8.48. The lowest BCUT2D eigenvalue weighted by Gasteiger charge is -2.25. The van der Waals surface area contributed by atoms with Gasteiger partial charge in [0.25, 0.3) is 0 Å². The number of benzene rings is 2. The van der Waals surface area contributed by atoms with Gasteiger partial charge in [-0.05, 0) is 67.3 Å². The number of carbonyl (C=O) groups excluding carboxylic acids is 1. The Morgan fingerprint density at radius 3 is 2.97 bits per heavy atom. The normalized spacial score (nSPS) is 19.4. The molecule has 8 nitrogen and oxygen atoms in total. The minimum absolute atomic E-state index is 0.0941. The van der Waals surface area contributed by atoms with Crippen molar-refractivity contribution in [2.75, 3.05) is 32.2 Å². The number of fused-ring (bicyclic) bond motifs is 1. The van der Waals surface area contributed by atoms with Gasteiger partial charge in [-0.1, -0.05) is 6.07 Å². The maximum Gasteiger partial charge on any atom is 0.231 e. The van der Waals surface area contributed by atoms with Gasteiger partial charge in [0.1, 0.15) is 30.5 Å². The van der Waals surface area contributed by atoms with Crippen LogP contribution in [-0.2, 0) is 11.2 Å². The highest BCUT2D eigenvalue weighted by atomic mass is 16.5. The molecule has 1 fully saturated rings. The molecule has 0 saturated carbocycles. The first-order valence-electron chi connectivity index (χ1n) is 11.3. The Kier molecular flexibility index (Phi) is 6.17. The van der Waals surface area contributed by atoms with Gasteiger partial charge in [-0.25, -0.2) is 0 Å². The molecule has 1 amide bonds. The van der Waals surface area contributed by atoms with Crippen LogP contribution in [0.2, 0.25) is 0 Å². The molecule has 0 unspecified atom stereocenters. The summed E-state index contributed by atoms with van der Waals surface area (Å²) in [5.41, 5.74) is 3.56. The number of amides is 1. The quantitative estimate of drug-likeness (QED) is 0.513. The van der Waals surface area contributed by atoms with Crippen molar-refractivity contribution < 1.29 is 19.0 Å². The Morgan fingerprint density at radius 1 is 1.24 bits per heavy atom. The number of H-pyrrole nitrogens is 1. The minimum Gasteiger partial charge on any atom is -0.497 e. The number of ether oxygens (including phenoxy) is 3. The lowest BCUT2D eigenvalue weighted by atomic mass is 9.95. The Balaban J connectivity index is 1.33. The third-order valence-electron chi connectivity index (χ3n) is 6.22. The summed E-state index contributed by atoms with van der Waals surface area (Å²) in [5.74, 6) is 1.81. The standard InChI is InChI=1S/C25H28N4O4/c1-31-21-5-7-23-17(10-21)9-18(14-32-23)25(30)29-22-6-4-16(19-12-27-28-13-19)11-24(22)33-15-20-3-2-8-26-20/h4-7,10-13,18,20,26H,2-3,8-9,14-15H2,1H3,(H,27,28)(H,29,30)/t18-,20-/m0/s1. The first kappa shape index (κ1) is 21.3. The van der Waals surface area contributed by atoms with Crippen LogP contribution in [0.5, 0.6) is 17.2 Å². The van der Waals surface area contributed by atoms with Crippen LogP contribution in [-0.4, -0.2) is 49.0 Å². The molecule has 0 aliphatic carbocycles. The van der Waals surface area contributed by atoms with Crippen molar-refractivity contribution in [3.63, 3.8) is 0 Å². The molecule has 0 radical (unpaired) electrons. The van der Waals surface area contributed by atoms with E-state index in [-0.39, 0.29) is 11.8 Å². The van der Waals surface area contributed by atoms with Crippen LogP contribution in [0.4, 0.5) is 5.69 Å². The van der Waals surface area contributed by atoms with Crippen LogP contribution in [0.15, 0.2) is 48.8 Å². The van der Waals surface area contributed by atoms with Crippen molar-refractivity contribution in [1.82, 2.24) is 15.5 Å². The number of hydrogen-bond acceptors (Lipinski definition) is 6. The maximum atomic E-state index is 13.2. The fraction of sp³-hybridized carbons (Fsp3) is 0.360. The van der Waals surface area contributed by atoms with Crippen LogP contribution in [0.25, 0.3) is 11.1 Å². The van der Waals surface area contributed by atoms with Gasteiger partial charge in [-0.3, -0.25) is 9.89 Å². The second-order valence-electron chi connectivity index (χ2n) is 8.48. The van der Waals surface area contributed by atoms with Crippen molar-refractivity contribution in [3.8, 4) is 28.4 Å². The number of methoxy groups -OCH3 is 1. The van der Waals surface area contributed by atoms with Gasteiger partial charge in [0, 0.05) is 17.8 Å². The largest absolute Gasteiger partial charge is 0.497 e. The molecule has 2 aliphatic heterocycles. The van der Waals surface area contributed by atoms with Crippen molar-refractivity contribution in [1.29, 1.82) is 0 Å². The number of nitrogens with zero attached hydrogens (tertiary/aromatic N) is 1. The van der Waals surface area contributed by atoms with E-state index in [9.17, 15) is 4.79 Å². The van der Waals surface area contributed by atoms with E-state index in [1.807, 2.05) is 42.6 Å². The monoisotopic (exact) mass is 448 g/mol. The molecule has 3 aromatic rings. The summed E-state index contributed by atoms with van der Waals surface area (Å²) in [4.78, 5) is 13.2. The molecule has 33 heavy (non-hydrogen) atoms. The van der Waals surface area contributed by atoms with E-state index < -0.39 is 0 Å². The molecule has 172 valence electrons. The second kappa shape index (κ2) is 9.54. The van der Waals surface area contributed by atoms with Gasteiger partial charge in [-0.2, -0.15) is 5.10 Å². The Morgan fingerprint density at radius 2 is 2.18 bits per heavy atom. The molecule has 2 aliphatic rings. The molecule has 2 aromatic carbocycles. The van der Waals surface area contributed by atoms with Gasteiger partial charge in [0.2, 0.25) is 5.91 Å². The van der Waals surface area contributed by atoms with E-state index >= 15 is 0 Å². The summed E-state index contributed by atoms with van der Waals surface area (Å²) in [6.07, 6.45) is 6.43. The van der Waals surface area contributed by atoms with Gasteiger partial charge < -0.3 is 24.8 Å². The van der Waals surface area contributed by atoms with Gasteiger partial charge >= 0.3 is 0 Å². The third kappa shape index (κ3) is 4.80. The number of hydrogen-bond donors (Lipinski definition) is 3. The van der Waals surface area contributed by atoms with E-state index in [2.05, 4.69) is 20.8 Å². The predicted octanol–water partition coefficient (Wildman–Crippen LogP) is 3.41. The van der Waals surface area contributed by atoms with E-state index in [0.29, 0.717) is 37.1 Å². The summed E-state index contributed by atoms with van der Waals surface area (Å²) in [7, 11) is 1.63. The van der Waals surface area contributed by atoms with Crippen LogP contribution in [0, 0.1) is 5.92 Å². The lowest BCUT2D eigenvalue weighted by Crippen LogP contribution is -2.33. The molecule has 5 rings (SSSR count). The number of anilines is 1. The van der Waals surface area contributed by atoms with Crippen LogP contribution in [0.3, 0.4) is 0 Å². The average Bonchev–Trinajstić information content (AvgIpc) is 3.57. The molecule has 3 heterocycles. The Hall–Kier alpha value is -3.52. The van der Waals surface area contributed by atoms with Gasteiger partial charge in [-0.15, -0.1) is 0 Å². The van der Waals surface area contributed by atoms with Crippen LogP contribution >= 0.6 is 0 Å². The Labute approximate surface area is 192 Å². The van der Waals surface area contributed by atoms with Crippen LogP contribution < -0.4 is 24.8 Å². The maximum absolute atomic E-state index is 13.2. The predicted molar refractivity (Wildman–Crippen MR) is 125 cm³/mol. The van der Waals surface area contributed by atoms with E-state index in [1.54, 1.807) is 13.3 Å². The zero-order valence-electron chi connectivity index (χ0n) is 18.6. The molecule has 3 N–H and O–H groups in total. The summed E-state index contributed by atoms with van der Waals surface area (Å²) in [6.45, 7) is 1.90. The highest BCUT2D eigenvalue weighted by Crippen LogP contribution is 2.34. The first-order valence-corrected chi connectivity index (χ1v) is 11.3. The average molecular weight is 449 g/mol. The number of nitrogens with one attached hydrogen (secondary N) is 3. The highest BCUT2D eigenvalue weighted by molar-refractivity contribution is 5.95. The number of rotatable bonds is 7. The molecule has 0 spiro atoms. The van der Waals surface area contributed by atoms with Crippen molar-refractivity contribution in [2.45, 2.75) is 25.3 Å². The smallest absolute Gasteiger partial charge is 0.231 e. The number of carbonyl (C=O) groups is 1. The fourth-order valence-corrected chi connectivity index (χ4v) is 4.32. The van der Waals surface area contributed by atoms with Crippen molar-refractivity contribution in [2.24, 2.45) is 5.92 Å². The number of aromatic nitrogens is 2. The van der Waals surface area contributed by atoms with E-state index in [0.717, 1.165) is 47.6 Å². The van der Waals surface area contributed by atoms with Crippen molar-refractivity contribution in [3.05, 3.63) is 54.4 Å². The number of aromatic amines is 1. The summed E-state index contributed by atoms with van der Waals surface area (Å²) < 4.78 is 17.3. The first-order chi connectivity index (χ1) is 16.2. The zero-order valence-corrected chi connectivity index (χ0v) is 18.6. The summed E-state index contributed by atoms with van der Waals surface area (Å²) in [6, 6.07) is 11.8. The van der Waals surface area contributed by atoms with Gasteiger partial charge in [0.05, 0.1) is 24.9 Å². The molecule has 1 saturated heterocycles. The zero-order chi connectivity index (χ0) is 22.6. The summed E-state index contributed by atoms with van der Waals surface area (Å²) >= 11 is 0. The van der Waals surface area contributed by atoms with E-state index in [1.165, 1.54) is 0 Å². The summed E-state index contributed by atoms with van der Waals surface area (Å²) in [5, 5.41) is 13.4.